The predicted octanol–water partition coefficient (Wildman–Crippen LogP) is 2.78. The van der Waals surface area contributed by atoms with Crippen molar-refractivity contribution >= 4 is 33.4 Å². The zero-order valence-electron chi connectivity index (χ0n) is 10.5. The lowest BCUT2D eigenvalue weighted by Gasteiger charge is -2.14. The number of aryl methyl sites for hydroxylation is 1. The summed E-state index contributed by atoms with van der Waals surface area (Å²) in [6.07, 6.45) is 5.46. The zero-order chi connectivity index (χ0) is 13.0. The predicted molar refractivity (Wildman–Crippen MR) is 76.3 cm³/mol. The fraction of sp³-hybridized carbons (Fsp3) is 0.750. The van der Waals surface area contributed by atoms with E-state index in [2.05, 4.69) is 37.8 Å². The van der Waals surface area contributed by atoms with Gasteiger partial charge in [0.2, 0.25) is 0 Å². The monoisotopic (exact) mass is 331 g/mol. The summed E-state index contributed by atoms with van der Waals surface area (Å²) in [7, 11) is 0. The molecule has 0 saturated heterocycles. The number of carbonyl (C=O) groups excluding carboxylic acids is 1. The van der Waals surface area contributed by atoms with Crippen LogP contribution < -0.4 is 5.32 Å². The minimum Gasteiger partial charge on any atom is -0.351 e. The minimum absolute atomic E-state index is 0.0138. The van der Waals surface area contributed by atoms with Gasteiger partial charge in [-0.25, -0.2) is 0 Å². The average Bonchev–Trinajstić information content (AvgIpc) is 2.96. The third kappa shape index (κ3) is 3.29. The Morgan fingerprint density at radius 3 is 3.06 bits per heavy atom. The lowest BCUT2D eigenvalue weighted by molar-refractivity contribution is 0.0951. The van der Waals surface area contributed by atoms with Gasteiger partial charge in [0.15, 0.2) is 0 Å². The number of halogens is 1. The fourth-order valence-electron chi connectivity index (χ4n) is 2.31. The lowest BCUT2D eigenvalue weighted by atomic mass is 10.1. The number of amides is 1. The third-order valence-corrected chi connectivity index (χ3v) is 5.31. The molecule has 100 valence electrons. The maximum absolute atomic E-state index is 12.1. The Morgan fingerprint density at radius 2 is 2.39 bits per heavy atom. The molecule has 0 aromatic carbocycles. The van der Waals surface area contributed by atoms with Crippen LogP contribution in [0.25, 0.3) is 0 Å². The van der Waals surface area contributed by atoms with Crippen LogP contribution in [0.4, 0.5) is 0 Å². The van der Waals surface area contributed by atoms with Gasteiger partial charge in [-0.1, -0.05) is 40.2 Å². The molecular formula is C12H18BrN3OS. The molecule has 0 bridgehead atoms. The van der Waals surface area contributed by atoms with E-state index in [0.717, 1.165) is 25.1 Å². The second-order valence-electron chi connectivity index (χ2n) is 4.72. The Balaban J connectivity index is 1.89. The topological polar surface area (TPSA) is 54.9 Å². The normalized spacial score (nSPS) is 23.2. The van der Waals surface area contributed by atoms with Crippen molar-refractivity contribution in [3.05, 3.63) is 10.6 Å². The van der Waals surface area contributed by atoms with Gasteiger partial charge in [0.1, 0.15) is 4.88 Å². The molecule has 1 aliphatic carbocycles. The molecule has 1 aromatic rings. The highest BCUT2D eigenvalue weighted by molar-refractivity contribution is 9.09. The Bertz CT molecular complexity index is 410. The fourth-order valence-corrected chi connectivity index (χ4v) is 3.71. The number of carbonyl (C=O) groups is 1. The van der Waals surface area contributed by atoms with Crippen molar-refractivity contribution < 1.29 is 4.79 Å². The Labute approximate surface area is 120 Å². The van der Waals surface area contributed by atoms with E-state index in [0.29, 0.717) is 15.6 Å². The van der Waals surface area contributed by atoms with Crippen molar-refractivity contribution in [1.82, 2.24) is 14.9 Å². The summed E-state index contributed by atoms with van der Waals surface area (Å²) >= 11 is 4.87. The van der Waals surface area contributed by atoms with Crippen molar-refractivity contribution in [3.63, 3.8) is 0 Å². The van der Waals surface area contributed by atoms with Crippen molar-refractivity contribution in [2.75, 3.05) is 6.54 Å². The van der Waals surface area contributed by atoms with Gasteiger partial charge in [-0.05, 0) is 36.7 Å². The SMILES string of the molecule is CCCc1nnsc1C(=O)NCC1CCCC1Br. The number of alkyl halides is 1. The summed E-state index contributed by atoms with van der Waals surface area (Å²) in [5.74, 6) is 0.546. The maximum Gasteiger partial charge on any atom is 0.264 e. The average molecular weight is 332 g/mol. The summed E-state index contributed by atoms with van der Waals surface area (Å²) in [6.45, 7) is 2.83. The van der Waals surface area contributed by atoms with Crippen LogP contribution in [0.3, 0.4) is 0 Å². The first-order valence-corrected chi connectivity index (χ1v) is 8.14. The van der Waals surface area contributed by atoms with Crippen LogP contribution in [0.2, 0.25) is 0 Å². The number of rotatable bonds is 5. The molecule has 6 heteroatoms. The molecule has 1 fully saturated rings. The Kier molecular flexibility index (Phi) is 5.12. The molecule has 1 aromatic heterocycles. The van der Waals surface area contributed by atoms with E-state index >= 15 is 0 Å². The number of nitrogens with one attached hydrogen (secondary N) is 1. The smallest absolute Gasteiger partial charge is 0.264 e. The largest absolute Gasteiger partial charge is 0.351 e. The van der Waals surface area contributed by atoms with E-state index < -0.39 is 0 Å². The molecule has 1 amide bonds. The molecule has 0 spiro atoms. The van der Waals surface area contributed by atoms with Crippen LogP contribution in [-0.2, 0) is 6.42 Å². The van der Waals surface area contributed by atoms with Crippen LogP contribution in [0, 0.1) is 5.92 Å². The van der Waals surface area contributed by atoms with Gasteiger partial charge in [0.25, 0.3) is 5.91 Å². The molecule has 1 saturated carbocycles. The second-order valence-corrected chi connectivity index (χ2v) is 6.65. The highest BCUT2D eigenvalue weighted by atomic mass is 79.9. The van der Waals surface area contributed by atoms with Crippen molar-refractivity contribution in [3.8, 4) is 0 Å². The van der Waals surface area contributed by atoms with Crippen molar-refractivity contribution in [2.24, 2.45) is 5.92 Å². The summed E-state index contributed by atoms with van der Waals surface area (Å²) < 4.78 is 3.88. The third-order valence-electron chi connectivity index (χ3n) is 3.34. The first kappa shape index (κ1) is 13.9. The van der Waals surface area contributed by atoms with Gasteiger partial charge in [-0.2, -0.15) is 0 Å². The highest BCUT2D eigenvalue weighted by Crippen LogP contribution is 2.30. The van der Waals surface area contributed by atoms with Crippen molar-refractivity contribution in [1.29, 1.82) is 0 Å². The first-order valence-electron chi connectivity index (χ1n) is 6.45. The zero-order valence-corrected chi connectivity index (χ0v) is 12.9. The molecule has 1 aliphatic rings. The summed E-state index contributed by atoms with van der Waals surface area (Å²) in [5, 5.41) is 7.04. The van der Waals surface area contributed by atoms with Crippen LogP contribution in [-0.4, -0.2) is 26.9 Å². The van der Waals surface area contributed by atoms with Crippen LogP contribution in [0.15, 0.2) is 0 Å². The highest BCUT2D eigenvalue weighted by Gasteiger charge is 2.25. The Morgan fingerprint density at radius 1 is 1.56 bits per heavy atom. The molecule has 0 radical (unpaired) electrons. The molecule has 0 aliphatic heterocycles. The number of aromatic nitrogens is 2. The molecule has 1 N–H and O–H groups in total. The van der Waals surface area contributed by atoms with Gasteiger partial charge >= 0.3 is 0 Å². The molecule has 4 nitrogen and oxygen atoms in total. The summed E-state index contributed by atoms with van der Waals surface area (Å²) in [5.41, 5.74) is 0.835. The maximum atomic E-state index is 12.1. The van der Waals surface area contributed by atoms with Crippen molar-refractivity contribution in [2.45, 2.75) is 43.9 Å². The number of hydrogen-bond donors (Lipinski definition) is 1. The molecular weight excluding hydrogens is 314 g/mol. The molecule has 1 heterocycles. The molecule has 18 heavy (non-hydrogen) atoms. The van der Waals surface area contributed by atoms with E-state index in [4.69, 9.17) is 0 Å². The van der Waals surface area contributed by atoms with Crippen LogP contribution in [0.1, 0.15) is 48.0 Å². The van der Waals surface area contributed by atoms with Gasteiger partial charge in [0.05, 0.1) is 5.69 Å². The van der Waals surface area contributed by atoms with Gasteiger partial charge < -0.3 is 5.32 Å². The van der Waals surface area contributed by atoms with E-state index in [1.54, 1.807) is 0 Å². The molecule has 2 rings (SSSR count). The quantitative estimate of drug-likeness (QED) is 0.844. The lowest BCUT2D eigenvalue weighted by Crippen LogP contribution is -2.31. The van der Waals surface area contributed by atoms with E-state index in [1.165, 1.54) is 30.8 Å². The van der Waals surface area contributed by atoms with Gasteiger partial charge in [0, 0.05) is 11.4 Å². The minimum atomic E-state index is -0.0138. The molecule has 2 atom stereocenters. The summed E-state index contributed by atoms with van der Waals surface area (Å²) in [4.78, 5) is 13.3. The number of hydrogen-bond acceptors (Lipinski definition) is 4. The van der Waals surface area contributed by atoms with Gasteiger partial charge in [-0.3, -0.25) is 4.79 Å². The van der Waals surface area contributed by atoms with E-state index in [1.807, 2.05) is 0 Å². The van der Waals surface area contributed by atoms with E-state index in [9.17, 15) is 4.79 Å². The second kappa shape index (κ2) is 6.61. The van der Waals surface area contributed by atoms with Gasteiger partial charge in [-0.15, -0.1) is 5.10 Å². The Hall–Kier alpha value is -0.490. The summed E-state index contributed by atoms with van der Waals surface area (Å²) in [6, 6.07) is 0. The number of nitrogens with zero attached hydrogens (tertiary/aromatic N) is 2. The van der Waals surface area contributed by atoms with E-state index in [-0.39, 0.29) is 5.91 Å². The molecule has 2 unspecified atom stereocenters. The van der Waals surface area contributed by atoms with Crippen LogP contribution in [0.5, 0.6) is 0 Å². The first-order chi connectivity index (χ1) is 8.72. The van der Waals surface area contributed by atoms with Crippen LogP contribution >= 0.6 is 27.5 Å². The standard InChI is InChI=1S/C12H18BrN3OS/c1-2-4-10-11(18-16-15-10)12(17)14-7-8-5-3-6-9(8)13/h8-9H,2-7H2,1H3,(H,14,17).